The molecule has 1 amide bonds. The number of carbonyl (C=O) groups excluding carboxylic acids is 1. The first-order valence-electron chi connectivity index (χ1n) is 6.13. The molecule has 1 aliphatic carbocycles. The van der Waals surface area contributed by atoms with Gasteiger partial charge in [-0.3, -0.25) is 9.78 Å². The molecule has 2 rings (SSSR count). The molecule has 1 N–H and O–H groups in total. The molecule has 0 bridgehead atoms. The van der Waals surface area contributed by atoms with Crippen LogP contribution in [0.2, 0.25) is 0 Å². The van der Waals surface area contributed by atoms with Crippen LogP contribution < -0.4 is 5.43 Å². The lowest BCUT2D eigenvalue weighted by Crippen LogP contribution is -2.20. The maximum atomic E-state index is 11.7. The van der Waals surface area contributed by atoms with E-state index in [1.165, 1.54) is 25.7 Å². The van der Waals surface area contributed by atoms with E-state index >= 15 is 0 Å². The normalized spacial score (nSPS) is 16.1. The van der Waals surface area contributed by atoms with E-state index in [1.807, 2.05) is 0 Å². The summed E-state index contributed by atoms with van der Waals surface area (Å²) >= 11 is 0. The second-order valence-electron chi connectivity index (χ2n) is 4.25. The van der Waals surface area contributed by atoms with E-state index in [9.17, 15) is 4.79 Å². The van der Waals surface area contributed by atoms with Gasteiger partial charge in [0.25, 0.3) is 5.91 Å². The van der Waals surface area contributed by atoms with Gasteiger partial charge in [-0.05, 0) is 37.8 Å². The molecule has 4 heteroatoms. The highest BCUT2D eigenvalue weighted by Gasteiger charge is 2.08. The lowest BCUT2D eigenvalue weighted by atomic mass is 10.2. The van der Waals surface area contributed by atoms with E-state index < -0.39 is 0 Å². The topological polar surface area (TPSA) is 54.4 Å². The van der Waals surface area contributed by atoms with Gasteiger partial charge in [0.2, 0.25) is 0 Å². The lowest BCUT2D eigenvalue weighted by molar-refractivity contribution is 0.0949. The molecule has 1 fully saturated rings. The molecule has 1 aliphatic rings. The highest BCUT2D eigenvalue weighted by Crippen LogP contribution is 2.14. The minimum atomic E-state index is -0.234. The number of carbonyl (C=O) groups is 1. The van der Waals surface area contributed by atoms with Crippen LogP contribution in [0.5, 0.6) is 0 Å². The third-order valence-corrected chi connectivity index (χ3v) is 2.89. The number of pyridine rings is 1. The fourth-order valence-electron chi connectivity index (χ4n) is 1.93. The first kappa shape index (κ1) is 11.8. The van der Waals surface area contributed by atoms with Gasteiger partial charge in [0, 0.05) is 11.9 Å². The van der Waals surface area contributed by atoms with Crippen molar-refractivity contribution in [3.05, 3.63) is 30.1 Å². The summed E-state index contributed by atoms with van der Waals surface area (Å²) < 4.78 is 0. The third-order valence-electron chi connectivity index (χ3n) is 2.89. The minimum Gasteiger partial charge on any atom is -0.266 e. The molecule has 0 atom stereocenters. The van der Waals surface area contributed by atoms with Gasteiger partial charge in [0.1, 0.15) is 5.69 Å². The number of hydrazone groups is 1. The third kappa shape index (κ3) is 3.66. The van der Waals surface area contributed by atoms with Crippen molar-refractivity contribution in [3.8, 4) is 0 Å². The van der Waals surface area contributed by atoms with Crippen LogP contribution in [0.3, 0.4) is 0 Å². The van der Waals surface area contributed by atoms with Crippen LogP contribution in [-0.4, -0.2) is 16.6 Å². The van der Waals surface area contributed by atoms with Gasteiger partial charge in [0.05, 0.1) is 0 Å². The van der Waals surface area contributed by atoms with Gasteiger partial charge in [0.15, 0.2) is 0 Å². The highest BCUT2D eigenvalue weighted by molar-refractivity contribution is 5.93. The fraction of sp³-hybridized carbons (Fsp3) is 0.462. The quantitative estimate of drug-likeness (QED) is 0.628. The second-order valence-corrected chi connectivity index (χ2v) is 4.25. The number of hydrogen-bond donors (Lipinski definition) is 1. The zero-order valence-electron chi connectivity index (χ0n) is 9.85. The fourth-order valence-corrected chi connectivity index (χ4v) is 1.93. The van der Waals surface area contributed by atoms with Crippen molar-refractivity contribution in [2.45, 2.75) is 38.5 Å². The Bertz CT molecular complexity index is 390. The van der Waals surface area contributed by atoms with E-state index in [4.69, 9.17) is 0 Å². The van der Waals surface area contributed by atoms with Crippen molar-refractivity contribution in [1.29, 1.82) is 0 Å². The predicted molar refractivity (Wildman–Crippen MR) is 66.8 cm³/mol. The van der Waals surface area contributed by atoms with Crippen molar-refractivity contribution < 1.29 is 4.79 Å². The number of aromatic nitrogens is 1. The van der Waals surface area contributed by atoms with Crippen LogP contribution in [0.1, 0.15) is 49.0 Å². The smallest absolute Gasteiger partial charge is 0.266 e. The maximum Gasteiger partial charge on any atom is 0.289 e. The van der Waals surface area contributed by atoms with Crippen molar-refractivity contribution in [3.63, 3.8) is 0 Å². The Morgan fingerprint density at radius 2 is 1.94 bits per heavy atom. The Labute approximate surface area is 101 Å². The summed E-state index contributed by atoms with van der Waals surface area (Å²) in [6.45, 7) is 0. The first-order valence-corrected chi connectivity index (χ1v) is 6.13. The molecule has 90 valence electrons. The Balaban J connectivity index is 1.92. The van der Waals surface area contributed by atoms with E-state index in [-0.39, 0.29) is 5.91 Å². The van der Waals surface area contributed by atoms with Crippen molar-refractivity contribution >= 4 is 11.6 Å². The summed E-state index contributed by atoms with van der Waals surface area (Å²) in [7, 11) is 0. The van der Waals surface area contributed by atoms with Gasteiger partial charge < -0.3 is 0 Å². The average molecular weight is 231 g/mol. The summed E-state index contributed by atoms with van der Waals surface area (Å²) in [6.07, 6.45) is 8.51. The van der Waals surface area contributed by atoms with Crippen LogP contribution in [0, 0.1) is 0 Å². The number of nitrogens with zero attached hydrogens (tertiary/aromatic N) is 2. The molecule has 0 saturated heterocycles. The molecule has 1 saturated carbocycles. The van der Waals surface area contributed by atoms with Crippen LogP contribution >= 0.6 is 0 Å². The Morgan fingerprint density at radius 1 is 1.18 bits per heavy atom. The van der Waals surface area contributed by atoms with Gasteiger partial charge >= 0.3 is 0 Å². The average Bonchev–Trinajstić information content (AvgIpc) is 2.65. The van der Waals surface area contributed by atoms with Crippen LogP contribution in [0.25, 0.3) is 0 Å². The standard InChI is InChI=1S/C13H17N3O/c17-13(12-9-5-6-10-14-12)16-15-11-7-3-1-2-4-8-11/h5-6,9-10H,1-4,7-8H2,(H,16,17). The van der Waals surface area contributed by atoms with Crippen molar-refractivity contribution in [2.75, 3.05) is 0 Å². The predicted octanol–water partition coefficient (Wildman–Crippen LogP) is 2.52. The van der Waals surface area contributed by atoms with Gasteiger partial charge in [-0.25, -0.2) is 5.43 Å². The first-order chi connectivity index (χ1) is 8.36. The van der Waals surface area contributed by atoms with Crippen LogP contribution in [-0.2, 0) is 0 Å². The molecule has 0 spiro atoms. The number of nitrogens with one attached hydrogen (secondary N) is 1. The monoisotopic (exact) mass is 231 g/mol. The summed E-state index contributed by atoms with van der Waals surface area (Å²) in [5.41, 5.74) is 4.09. The molecule has 17 heavy (non-hydrogen) atoms. The zero-order chi connectivity index (χ0) is 11.9. The number of rotatable bonds is 2. The van der Waals surface area contributed by atoms with Crippen molar-refractivity contribution in [2.24, 2.45) is 5.10 Å². The summed E-state index contributed by atoms with van der Waals surface area (Å²) in [4.78, 5) is 15.7. The molecular formula is C13H17N3O. The zero-order valence-corrected chi connectivity index (χ0v) is 9.85. The molecule has 0 unspecified atom stereocenters. The number of hydrogen-bond acceptors (Lipinski definition) is 3. The van der Waals surface area contributed by atoms with Gasteiger partial charge in [-0.2, -0.15) is 5.10 Å². The van der Waals surface area contributed by atoms with E-state index in [1.54, 1.807) is 24.4 Å². The highest BCUT2D eigenvalue weighted by atomic mass is 16.2. The Morgan fingerprint density at radius 3 is 2.59 bits per heavy atom. The molecule has 1 aromatic heterocycles. The molecule has 4 nitrogen and oxygen atoms in total. The Kier molecular flexibility index (Phi) is 4.24. The molecule has 0 aliphatic heterocycles. The minimum absolute atomic E-state index is 0.234. The second kappa shape index (κ2) is 6.13. The molecule has 1 aromatic rings. The van der Waals surface area contributed by atoms with Gasteiger partial charge in [-0.15, -0.1) is 0 Å². The largest absolute Gasteiger partial charge is 0.289 e. The summed E-state index contributed by atoms with van der Waals surface area (Å²) in [6, 6.07) is 5.26. The maximum absolute atomic E-state index is 11.7. The van der Waals surface area contributed by atoms with Crippen LogP contribution in [0.15, 0.2) is 29.5 Å². The summed E-state index contributed by atoms with van der Waals surface area (Å²) in [5.74, 6) is -0.234. The number of amides is 1. The van der Waals surface area contributed by atoms with E-state index in [2.05, 4.69) is 15.5 Å². The van der Waals surface area contributed by atoms with E-state index in [0.717, 1.165) is 18.6 Å². The van der Waals surface area contributed by atoms with Crippen LogP contribution in [0.4, 0.5) is 0 Å². The SMILES string of the molecule is O=C(NN=C1CCCCCC1)c1ccccn1. The summed E-state index contributed by atoms with van der Waals surface area (Å²) in [5, 5.41) is 4.20. The van der Waals surface area contributed by atoms with E-state index in [0.29, 0.717) is 5.69 Å². The molecule has 0 aromatic carbocycles. The Hall–Kier alpha value is -1.71. The molecule has 1 heterocycles. The van der Waals surface area contributed by atoms with Crippen molar-refractivity contribution in [1.82, 2.24) is 10.4 Å². The lowest BCUT2D eigenvalue weighted by Gasteiger charge is -2.02. The van der Waals surface area contributed by atoms with Gasteiger partial charge in [-0.1, -0.05) is 18.9 Å². The molecular weight excluding hydrogens is 214 g/mol. The molecule has 0 radical (unpaired) electrons.